The van der Waals surface area contributed by atoms with Crippen LogP contribution in [0.1, 0.15) is 19.8 Å². The highest BCUT2D eigenvalue weighted by Gasteiger charge is 2.04. The topological polar surface area (TPSA) is 81.2 Å². The van der Waals surface area contributed by atoms with Crippen molar-refractivity contribution in [3.05, 3.63) is 22.6 Å². The van der Waals surface area contributed by atoms with Crippen molar-refractivity contribution in [2.75, 3.05) is 18.5 Å². The van der Waals surface area contributed by atoms with Crippen molar-refractivity contribution in [2.24, 2.45) is 5.73 Å². The predicted octanol–water partition coefficient (Wildman–Crippen LogP) is -0.0351. The third kappa shape index (κ3) is 3.90. The van der Waals surface area contributed by atoms with Gasteiger partial charge in [0, 0.05) is 26.1 Å². The van der Waals surface area contributed by atoms with Gasteiger partial charge in [-0.05, 0) is 6.42 Å². The molecule has 0 fully saturated rings. The molecule has 6 heteroatoms. The number of primary amides is 1. The first-order valence-electron chi connectivity index (χ1n) is 5.61. The van der Waals surface area contributed by atoms with E-state index in [4.69, 9.17) is 5.73 Å². The predicted molar refractivity (Wildman–Crippen MR) is 65.9 cm³/mol. The van der Waals surface area contributed by atoms with Crippen LogP contribution in [0.15, 0.2) is 17.1 Å². The highest BCUT2D eigenvalue weighted by atomic mass is 16.1. The van der Waals surface area contributed by atoms with Crippen LogP contribution in [0.5, 0.6) is 0 Å². The second-order valence-corrected chi connectivity index (χ2v) is 3.91. The molecule has 0 aliphatic heterocycles. The molecule has 6 nitrogen and oxygen atoms in total. The first-order valence-corrected chi connectivity index (χ1v) is 5.61. The van der Waals surface area contributed by atoms with E-state index in [2.05, 4.69) is 12.0 Å². The van der Waals surface area contributed by atoms with Crippen molar-refractivity contribution >= 4 is 11.6 Å². The summed E-state index contributed by atoms with van der Waals surface area (Å²) in [5, 5.41) is 4.01. The molecule has 2 N–H and O–H groups in total. The number of nitrogens with zero attached hydrogens (tertiary/aromatic N) is 3. The molecule has 0 aromatic carbocycles. The maximum absolute atomic E-state index is 11.7. The summed E-state index contributed by atoms with van der Waals surface area (Å²) in [7, 11) is 1.91. The number of hydrogen-bond donors (Lipinski definition) is 1. The first kappa shape index (κ1) is 13.2. The number of anilines is 1. The Morgan fingerprint density at radius 3 is 2.82 bits per heavy atom. The molecule has 1 aromatic rings. The minimum absolute atomic E-state index is 0.122. The highest BCUT2D eigenvalue weighted by Crippen LogP contribution is 2.06. The summed E-state index contributed by atoms with van der Waals surface area (Å²) in [6, 6.07) is 1.52. The Labute approximate surface area is 100 Å². The van der Waals surface area contributed by atoms with Gasteiger partial charge in [-0.25, -0.2) is 4.68 Å². The van der Waals surface area contributed by atoms with E-state index in [1.807, 2.05) is 11.9 Å². The molecule has 0 atom stereocenters. The lowest BCUT2D eigenvalue weighted by atomic mass is 10.3. The van der Waals surface area contributed by atoms with Crippen LogP contribution in [-0.2, 0) is 11.3 Å². The van der Waals surface area contributed by atoms with E-state index in [9.17, 15) is 9.59 Å². The fraction of sp³-hybridized carbons (Fsp3) is 0.545. The molecule has 0 aliphatic rings. The molecule has 0 aliphatic carbocycles. The van der Waals surface area contributed by atoms with Crippen molar-refractivity contribution in [2.45, 2.75) is 26.3 Å². The summed E-state index contributed by atoms with van der Waals surface area (Å²) in [6.45, 7) is 3.16. The number of nitrogens with two attached hydrogens (primary N) is 1. The maximum Gasteiger partial charge on any atom is 0.268 e. The van der Waals surface area contributed by atoms with Crippen LogP contribution < -0.4 is 16.2 Å². The van der Waals surface area contributed by atoms with E-state index in [0.29, 0.717) is 0 Å². The van der Waals surface area contributed by atoms with Gasteiger partial charge in [0.05, 0.1) is 18.4 Å². The van der Waals surface area contributed by atoms with E-state index in [-0.39, 0.29) is 18.5 Å². The Morgan fingerprint density at radius 1 is 1.59 bits per heavy atom. The normalized spacial score (nSPS) is 10.2. The molecule has 0 spiro atoms. The largest absolute Gasteiger partial charge is 0.373 e. The van der Waals surface area contributed by atoms with Gasteiger partial charge in [-0.1, -0.05) is 6.92 Å². The van der Waals surface area contributed by atoms with Crippen LogP contribution >= 0.6 is 0 Å². The van der Waals surface area contributed by atoms with Crippen molar-refractivity contribution in [1.82, 2.24) is 9.78 Å². The molecule has 1 rings (SSSR count). The van der Waals surface area contributed by atoms with E-state index in [0.717, 1.165) is 18.7 Å². The van der Waals surface area contributed by atoms with Crippen molar-refractivity contribution in [3.63, 3.8) is 0 Å². The van der Waals surface area contributed by atoms with E-state index >= 15 is 0 Å². The quantitative estimate of drug-likeness (QED) is 0.754. The van der Waals surface area contributed by atoms with Crippen LogP contribution in [0.25, 0.3) is 0 Å². The van der Waals surface area contributed by atoms with Gasteiger partial charge in [0.1, 0.15) is 0 Å². The van der Waals surface area contributed by atoms with Crippen molar-refractivity contribution < 1.29 is 4.79 Å². The molecule has 0 radical (unpaired) electrons. The van der Waals surface area contributed by atoms with E-state index in [1.165, 1.54) is 10.7 Å². The number of carbonyl (C=O) groups is 1. The van der Waals surface area contributed by atoms with Crippen molar-refractivity contribution in [3.8, 4) is 0 Å². The maximum atomic E-state index is 11.7. The minimum Gasteiger partial charge on any atom is -0.373 e. The Balaban J connectivity index is 2.79. The zero-order chi connectivity index (χ0) is 12.8. The van der Waals surface area contributed by atoms with Crippen LogP contribution in [-0.4, -0.2) is 29.3 Å². The molecule has 1 aromatic heterocycles. The standard InChI is InChI=1S/C11H18N4O2/c1-3-5-14(2)9-7-11(17)15(13-8-9)6-4-10(12)16/h7-8H,3-6H2,1-2H3,(H2,12,16). The smallest absolute Gasteiger partial charge is 0.268 e. The number of rotatable bonds is 6. The van der Waals surface area contributed by atoms with Gasteiger partial charge in [0.25, 0.3) is 5.56 Å². The highest BCUT2D eigenvalue weighted by molar-refractivity contribution is 5.73. The van der Waals surface area contributed by atoms with Gasteiger partial charge in [-0.15, -0.1) is 0 Å². The zero-order valence-electron chi connectivity index (χ0n) is 10.2. The van der Waals surface area contributed by atoms with Crippen molar-refractivity contribution in [1.29, 1.82) is 0 Å². The van der Waals surface area contributed by atoms with Gasteiger partial charge in [-0.3, -0.25) is 9.59 Å². The second kappa shape index (κ2) is 6.03. The third-order valence-corrected chi connectivity index (χ3v) is 2.42. The summed E-state index contributed by atoms with van der Waals surface area (Å²) in [6.07, 6.45) is 2.75. The molecular weight excluding hydrogens is 220 g/mol. The monoisotopic (exact) mass is 238 g/mol. The summed E-state index contributed by atoms with van der Waals surface area (Å²) in [5.74, 6) is -0.439. The number of amides is 1. The molecule has 0 saturated carbocycles. The fourth-order valence-electron chi connectivity index (χ4n) is 1.48. The van der Waals surface area contributed by atoms with Crippen LogP contribution in [0.4, 0.5) is 5.69 Å². The van der Waals surface area contributed by atoms with Gasteiger partial charge in [0.2, 0.25) is 5.91 Å². The average Bonchev–Trinajstić information content (AvgIpc) is 2.27. The summed E-state index contributed by atoms with van der Waals surface area (Å²) >= 11 is 0. The average molecular weight is 238 g/mol. The molecule has 0 unspecified atom stereocenters. The first-order chi connectivity index (χ1) is 8.04. The molecule has 94 valence electrons. The van der Waals surface area contributed by atoms with Gasteiger partial charge >= 0.3 is 0 Å². The van der Waals surface area contributed by atoms with Gasteiger partial charge < -0.3 is 10.6 Å². The molecular formula is C11H18N4O2. The minimum atomic E-state index is -0.439. The number of aryl methyl sites for hydroxylation is 1. The molecule has 1 heterocycles. The Morgan fingerprint density at radius 2 is 2.29 bits per heavy atom. The number of aromatic nitrogens is 2. The molecule has 0 saturated heterocycles. The van der Waals surface area contributed by atoms with E-state index in [1.54, 1.807) is 6.20 Å². The molecule has 17 heavy (non-hydrogen) atoms. The zero-order valence-corrected chi connectivity index (χ0v) is 10.2. The number of carbonyl (C=O) groups excluding carboxylic acids is 1. The Bertz CT molecular complexity index is 441. The SMILES string of the molecule is CCCN(C)c1cnn(CCC(N)=O)c(=O)c1. The lowest BCUT2D eigenvalue weighted by molar-refractivity contribution is -0.118. The van der Waals surface area contributed by atoms with Gasteiger partial charge in [-0.2, -0.15) is 5.10 Å². The lowest BCUT2D eigenvalue weighted by Crippen LogP contribution is -2.27. The summed E-state index contributed by atoms with van der Waals surface area (Å²) < 4.78 is 1.24. The molecule has 0 bridgehead atoms. The molecule has 1 amide bonds. The Hall–Kier alpha value is -1.85. The van der Waals surface area contributed by atoms with E-state index < -0.39 is 5.91 Å². The summed E-state index contributed by atoms with van der Waals surface area (Å²) in [4.78, 5) is 24.3. The summed E-state index contributed by atoms with van der Waals surface area (Å²) in [5.41, 5.74) is 5.59. The van der Waals surface area contributed by atoms with Crippen LogP contribution in [0, 0.1) is 0 Å². The van der Waals surface area contributed by atoms with Crippen LogP contribution in [0.3, 0.4) is 0 Å². The van der Waals surface area contributed by atoms with Crippen LogP contribution in [0.2, 0.25) is 0 Å². The second-order valence-electron chi connectivity index (χ2n) is 3.91. The Kier molecular flexibility index (Phi) is 4.68. The fourth-order valence-corrected chi connectivity index (χ4v) is 1.48. The van der Waals surface area contributed by atoms with Gasteiger partial charge in [0.15, 0.2) is 0 Å². The lowest BCUT2D eigenvalue weighted by Gasteiger charge is -2.17. The number of hydrogen-bond acceptors (Lipinski definition) is 4. The third-order valence-electron chi connectivity index (χ3n) is 2.42.